The number of carbonyl (C=O) groups is 1. The topological polar surface area (TPSA) is 53.6 Å². The molecular weight excluding hydrogens is 290 g/mol. The van der Waals surface area contributed by atoms with E-state index < -0.39 is 0 Å². The molecule has 0 aromatic heterocycles. The number of benzene rings is 1. The van der Waals surface area contributed by atoms with E-state index in [1.165, 1.54) is 0 Å². The first-order valence-corrected chi connectivity index (χ1v) is 7.23. The van der Waals surface area contributed by atoms with Crippen LogP contribution in [0.3, 0.4) is 0 Å². The Morgan fingerprint density at radius 2 is 2.05 bits per heavy atom. The molecule has 1 saturated heterocycles. The summed E-state index contributed by atoms with van der Waals surface area (Å²) in [7, 11) is 0. The third-order valence-corrected chi connectivity index (χ3v) is 3.25. The summed E-state index contributed by atoms with van der Waals surface area (Å²) >= 11 is 0. The molecule has 0 atom stereocenters. The lowest BCUT2D eigenvalue weighted by Crippen LogP contribution is -2.35. The van der Waals surface area contributed by atoms with Crippen LogP contribution in [0.15, 0.2) is 24.3 Å². The standard InChI is InChI=1S/C15H23N3O2.ClH/c1-2-20-14-6-4-13(5-7-14)17-15(19)12-18-10-3-8-16-9-11-18;/h4-7,16H,2-3,8-12H2,1H3,(H,17,19);1H. The fourth-order valence-corrected chi connectivity index (χ4v) is 2.26. The third-order valence-electron chi connectivity index (χ3n) is 3.25. The monoisotopic (exact) mass is 313 g/mol. The first-order chi connectivity index (χ1) is 9.78. The maximum absolute atomic E-state index is 12.0. The van der Waals surface area contributed by atoms with Gasteiger partial charge >= 0.3 is 0 Å². The highest BCUT2D eigenvalue weighted by Gasteiger charge is 2.12. The molecule has 1 aliphatic rings. The van der Waals surface area contributed by atoms with Crippen LogP contribution in [0.25, 0.3) is 0 Å². The van der Waals surface area contributed by atoms with Crippen molar-refractivity contribution in [3.63, 3.8) is 0 Å². The fraction of sp³-hybridized carbons (Fsp3) is 0.533. The number of anilines is 1. The van der Waals surface area contributed by atoms with Gasteiger partial charge < -0.3 is 15.4 Å². The molecule has 0 radical (unpaired) electrons. The first-order valence-electron chi connectivity index (χ1n) is 7.23. The average Bonchev–Trinajstić information content (AvgIpc) is 2.70. The summed E-state index contributed by atoms with van der Waals surface area (Å²) in [5.74, 6) is 0.861. The number of nitrogens with one attached hydrogen (secondary N) is 2. The molecule has 0 aliphatic carbocycles. The number of nitrogens with zero attached hydrogens (tertiary/aromatic N) is 1. The van der Waals surface area contributed by atoms with Crippen molar-refractivity contribution >= 4 is 24.0 Å². The summed E-state index contributed by atoms with van der Waals surface area (Å²) in [5.41, 5.74) is 0.811. The number of hydrogen-bond acceptors (Lipinski definition) is 4. The Hall–Kier alpha value is -1.30. The van der Waals surface area contributed by atoms with E-state index in [0.29, 0.717) is 13.2 Å². The van der Waals surface area contributed by atoms with Gasteiger partial charge in [0.05, 0.1) is 13.2 Å². The van der Waals surface area contributed by atoms with E-state index in [2.05, 4.69) is 15.5 Å². The van der Waals surface area contributed by atoms with Crippen LogP contribution in [0.1, 0.15) is 13.3 Å². The van der Waals surface area contributed by atoms with E-state index in [1.54, 1.807) is 0 Å². The molecule has 0 unspecified atom stereocenters. The number of amides is 1. The molecule has 6 heteroatoms. The minimum absolute atomic E-state index is 0. The summed E-state index contributed by atoms with van der Waals surface area (Å²) in [6.45, 7) is 6.95. The lowest BCUT2D eigenvalue weighted by atomic mass is 10.3. The van der Waals surface area contributed by atoms with Crippen molar-refractivity contribution in [3.05, 3.63) is 24.3 Å². The Kier molecular flexibility index (Phi) is 8.12. The number of hydrogen-bond donors (Lipinski definition) is 2. The SMILES string of the molecule is CCOc1ccc(NC(=O)CN2CCCNCC2)cc1.Cl. The summed E-state index contributed by atoms with van der Waals surface area (Å²) in [6, 6.07) is 7.48. The number of carbonyl (C=O) groups excluding carboxylic acids is 1. The van der Waals surface area contributed by atoms with Gasteiger partial charge in [0.25, 0.3) is 0 Å². The quantitative estimate of drug-likeness (QED) is 0.869. The van der Waals surface area contributed by atoms with Crippen molar-refractivity contribution in [1.29, 1.82) is 0 Å². The average molecular weight is 314 g/mol. The molecule has 5 nitrogen and oxygen atoms in total. The van der Waals surface area contributed by atoms with E-state index in [0.717, 1.165) is 44.0 Å². The highest BCUT2D eigenvalue weighted by atomic mass is 35.5. The van der Waals surface area contributed by atoms with E-state index in [1.807, 2.05) is 31.2 Å². The maximum atomic E-state index is 12.0. The summed E-state index contributed by atoms with van der Waals surface area (Å²) in [4.78, 5) is 14.2. The highest BCUT2D eigenvalue weighted by Crippen LogP contribution is 2.15. The van der Waals surface area contributed by atoms with Gasteiger partial charge in [0, 0.05) is 18.8 Å². The minimum Gasteiger partial charge on any atom is -0.494 e. The molecule has 1 aromatic carbocycles. The van der Waals surface area contributed by atoms with E-state index in [4.69, 9.17) is 4.74 Å². The number of ether oxygens (including phenoxy) is 1. The number of rotatable bonds is 5. The molecule has 118 valence electrons. The zero-order valence-electron chi connectivity index (χ0n) is 12.4. The van der Waals surface area contributed by atoms with Crippen molar-refractivity contribution in [2.45, 2.75) is 13.3 Å². The highest BCUT2D eigenvalue weighted by molar-refractivity contribution is 5.92. The Balaban J connectivity index is 0.00000220. The van der Waals surface area contributed by atoms with Crippen LogP contribution in [0, 0.1) is 0 Å². The smallest absolute Gasteiger partial charge is 0.238 e. The Labute approximate surface area is 132 Å². The Morgan fingerprint density at radius 3 is 2.76 bits per heavy atom. The molecule has 0 spiro atoms. The lowest BCUT2D eigenvalue weighted by Gasteiger charge is -2.18. The van der Waals surface area contributed by atoms with E-state index >= 15 is 0 Å². The van der Waals surface area contributed by atoms with E-state index in [9.17, 15) is 4.79 Å². The molecule has 0 bridgehead atoms. The van der Waals surface area contributed by atoms with Crippen molar-refractivity contribution in [2.24, 2.45) is 0 Å². The second-order valence-corrected chi connectivity index (χ2v) is 4.89. The van der Waals surface area contributed by atoms with Gasteiger partial charge in [-0.3, -0.25) is 9.69 Å². The molecular formula is C15H24ClN3O2. The van der Waals surface area contributed by atoms with Crippen LogP contribution in [0.4, 0.5) is 5.69 Å². The summed E-state index contributed by atoms with van der Waals surface area (Å²) in [5, 5.41) is 6.25. The van der Waals surface area contributed by atoms with Crippen molar-refractivity contribution in [1.82, 2.24) is 10.2 Å². The molecule has 1 fully saturated rings. The van der Waals surface area contributed by atoms with Gasteiger partial charge in [0.2, 0.25) is 5.91 Å². The van der Waals surface area contributed by atoms with Crippen molar-refractivity contribution < 1.29 is 9.53 Å². The third kappa shape index (κ3) is 6.33. The fourth-order valence-electron chi connectivity index (χ4n) is 2.26. The van der Waals surface area contributed by atoms with Crippen LogP contribution >= 0.6 is 12.4 Å². The van der Waals surface area contributed by atoms with Crippen molar-refractivity contribution in [2.75, 3.05) is 44.6 Å². The largest absolute Gasteiger partial charge is 0.494 e. The Bertz CT molecular complexity index is 417. The maximum Gasteiger partial charge on any atom is 0.238 e. The molecule has 1 amide bonds. The lowest BCUT2D eigenvalue weighted by molar-refractivity contribution is -0.117. The van der Waals surface area contributed by atoms with Crippen LogP contribution in [-0.2, 0) is 4.79 Å². The molecule has 2 N–H and O–H groups in total. The molecule has 1 heterocycles. The molecule has 1 aromatic rings. The summed E-state index contributed by atoms with van der Waals surface area (Å²) in [6.07, 6.45) is 1.09. The normalized spacial score (nSPS) is 15.7. The Morgan fingerprint density at radius 1 is 1.29 bits per heavy atom. The van der Waals surface area contributed by atoms with Crippen LogP contribution in [-0.4, -0.2) is 50.1 Å². The van der Waals surface area contributed by atoms with Crippen LogP contribution in [0.5, 0.6) is 5.75 Å². The predicted molar refractivity (Wildman–Crippen MR) is 87.4 cm³/mol. The van der Waals surface area contributed by atoms with E-state index in [-0.39, 0.29) is 18.3 Å². The van der Waals surface area contributed by atoms with Gasteiger partial charge in [-0.15, -0.1) is 12.4 Å². The van der Waals surface area contributed by atoms with Crippen molar-refractivity contribution in [3.8, 4) is 5.75 Å². The van der Waals surface area contributed by atoms with Gasteiger partial charge in [-0.1, -0.05) is 0 Å². The zero-order chi connectivity index (χ0) is 14.2. The van der Waals surface area contributed by atoms with Crippen LogP contribution in [0.2, 0.25) is 0 Å². The molecule has 0 saturated carbocycles. The van der Waals surface area contributed by atoms with Gasteiger partial charge in [0.1, 0.15) is 5.75 Å². The second-order valence-electron chi connectivity index (χ2n) is 4.89. The molecule has 21 heavy (non-hydrogen) atoms. The summed E-state index contributed by atoms with van der Waals surface area (Å²) < 4.78 is 5.37. The van der Waals surface area contributed by atoms with Crippen LogP contribution < -0.4 is 15.4 Å². The second kappa shape index (κ2) is 9.60. The zero-order valence-corrected chi connectivity index (χ0v) is 13.2. The molecule has 2 rings (SSSR count). The van der Waals surface area contributed by atoms with Gasteiger partial charge in [0.15, 0.2) is 0 Å². The molecule has 1 aliphatic heterocycles. The number of halogens is 1. The van der Waals surface area contributed by atoms with Gasteiger partial charge in [-0.25, -0.2) is 0 Å². The van der Waals surface area contributed by atoms with Gasteiger partial charge in [-0.05, 0) is 50.7 Å². The predicted octanol–water partition coefficient (Wildman–Crippen LogP) is 1.74. The first kappa shape index (κ1) is 17.8. The minimum atomic E-state index is 0. The van der Waals surface area contributed by atoms with Gasteiger partial charge in [-0.2, -0.15) is 0 Å².